The lowest BCUT2D eigenvalue weighted by Gasteiger charge is -2.36. The van der Waals surface area contributed by atoms with Crippen LogP contribution in [0.25, 0.3) is 0 Å². The zero-order chi connectivity index (χ0) is 11.4. The van der Waals surface area contributed by atoms with Crippen LogP contribution in [0.15, 0.2) is 30.3 Å². The first-order chi connectivity index (χ1) is 7.81. The molecule has 1 aliphatic rings. The summed E-state index contributed by atoms with van der Waals surface area (Å²) in [5.74, 6) is 0. The SMILES string of the molecule is COC(c1ccccc1)N1CCCC(N)C1. The van der Waals surface area contributed by atoms with Gasteiger partial charge < -0.3 is 10.5 Å². The maximum absolute atomic E-state index is 6.00. The molecule has 2 atom stereocenters. The maximum atomic E-state index is 6.00. The largest absolute Gasteiger partial charge is 0.362 e. The highest BCUT2D eigenvalue weighted by Crippen LogP contribution is 2.24. The van der Waals surface area contributed by atoms with E-state index in [1.54, 1.807) is 7.11 Å². The summed E-state index contributed by atoms with van der Waals surface area (Å²) in [6, 6.07) is 10.6. The molecule has 1 fully saturated rings. The van der Waals surface area contributed by atoms with Crippen molar-refractivity contribution >= 4 is 0 Å². The van der Waals surface area contributed by atoms with Gasteiger partial charge in [-0.3, -0.25) is 4.90 Å². The van der Waals surface area contributed by atoms with Gasteiger partial charge in [-0.25, -0.2) is 0 Å². The molecule has 2 rings (SSSR count). The lowest BCUT2D eigenvalue weighted by molar-refractivity contribution is -0.0471. The molecule has 2 N–H and O–H groups in total. The Bertz CT molecular complexity index is 315. The summed E-state index contributed by atoms with van der Waals surface area (Å²) in [6.45, 7) is 1.99. The van der Waals surface area contributed by atoms with Crippen molar-refractivity contribution in [2.24, 2.45) is 5.73 Å². The van der Waals surface area contributed by atoms with E-state index in [9.17, 15) is 0 Å². The molecule has 0 aromatic heterocycles. The van der Waals surface area contributed by atoms with Crippen molar-refractivity contribution in [3.63, 3.8) is 0 Å². The van der Waals surface area contributed by atoms with E-state index in [0.29, 0.717) is 0 Å². The minimum atomic E-state index is 0.0487. The summed E-state index contributed by atoms with van der Waals surface area (Å²) in [6.07, 6.45) is 2.34. The van der Waals surface area contributed by atoms with E-state index in [1.165, 1.54) is 5.56 Å². The molecular formula is C13H20N2O. The third-order valence-electron chi connectivity index (χ3n) is 3.13. The minimum absolute atomic E-state index is 0.0487. The van der Waals surface area contributed by atoms with Crippen molar-refractivity contribution in [2.45, 2.75) is 25.1 Å². The van der Waals surface area contributed by atoms with Gasteiger partial charge in [-0.2, -0.15) is 0 Å². The summed E-state index contributed by atoms with van der Waals surface area (Å²) >= 11 is 0. The van der Waals surface area contributed by atoms with E-state index in [0.717, 1.165) is 25.9 Å². The number of ether oxygens (including phenoxy) is 1. The second-order valence-electron chi connectivity index (χ2n) is 4.40. The van der Waals surface area contributed by atoms with Gasteiger partial charge in [0, 0.05) is 26.2 Å². The third kappa shape index (κ3) is 2.61. The van der Waals surface area contributed by atoms with E-state index < -0.39 is 0 Å². The molecule has 1 aromatic carbocycles. The van der Waals surface area contributed by atoms with Crippen LogP contribution in [-0.4, -0.2) is 31.1 Å². The number of hydrogen-bond donors (Lipinski definition) is 1. The fourth-order valence-electron chi connectivity index (χ4n) is 2.37. The minimum Gasteiger partial charge on any atom is -0.362 e. The molecule has 0 aliphatic carbocycles. The second-order valence-corrected chi connectivity index (χ2v) is 4.40. The summed E-state index contributed by atoms with van der Waals surface area (Å²) in [5, 5.41) is 0. The van der Waals surface area contributed by atoms with Crippen molar-refractivity contribution in [2.75, 3.05) is 20.2 Å². The van der Waals surface area contributed by atoms with Crippen LogP contribution in [0.5, 0.6) is 0 Å². The molecule has 0 saturated carbocycles. The fourth-order valence-corrected chi connectivity index (χ4v) is 2.37. The van der Waals surface area contributed by atoms with Gasteiger partial charge in [0.2, 0.25) is 0 Å². The quantitative estimate of drug-likeness (QED) is 0.843. The predicted octanol–water partition coefficient (Wildman–Crippen LogP) is 1.75. The van der Waals surface area contributed by atoms with Crippen molar-refractivity contribution < 1.29 is 4.74 Å². The molecule has 1 heterocycles. The fraction of sp³-hybridized carbons (Fsp3) is 0.538. The predicted molar refractivity (Wildman–Crippen MR) is 65.0 cm³/mol. The number of piperidine rings is 1. The monoisotopic (exact) mass is 220 g/mol. The zero-order valence-electron chi connectivity index (χ0n) is 9.80. The molecule has 3 nitrogen and oxygen atoms in total. The second kappa shape index (κ2) is 5.43. The Morgan fingerprint density at radius 2 is 2.12 bits per heavy atom. The van der Waals surface area contributed by atoms with E-state index in [-0.39, 0.29) is 12.3 Å². The van der Waals surface area contributed by atoms with Crippen LogP contribution >= 0.6 is 0 Å². The molecule has 0 amide bonds. The van der Waals surface area contributed by atoms with Crippen LogP contribution in [0.2, 0.25) is 0 Å². The molecule has 1 aromatic rings. The molecule has 0 bridgehead atoms. The molecular weight excluding hydrogens is 200 g/mol. The number of methoxy groups -OCH3 is 1. The average molecular weight is 220 g/mol. The van der Waals surface area contributed by atoms with Gasteiger partial charge in [0.25, 0.3) is 0 Å². The normalized spacial score (nSPS) is 24.2. The highest BCUT2D eigenvalue weighted by atomic mass is 16.5. The number of hydrogen-bond acceptors (Lipinski definition) is 3. The zero-order valence-corrected chi connectivity index (χ0v) is 9.80. The van der Waals surface area contributed by atoms with E-state index in [2.05, 4.69) is 17.0 Å². The molecule has 88 valence electrons. The van der Waals surface area contributed by atoms with Gasteiger partial charge in [-0.1, -0.05) is 30.3 Å². The molecule has 0 spiro atoms. The summed E-state index contributed by atoms with van der Waals surface area (Å²) < 4.78 is 5.59. The molecule has 1 saturated heterocycles. The molecule has 0 radical (unpaired) electrons. The first-order valence-corrected chi connectivity index (χ1v) is 5.88. The number of benzene rings is 1. The molecule has 2 unspecified atom stereocenters. The van der Waals surface area contributed by atoms with Crippen LogP contribution in [0.4, 0.5) is 0 Å². The van der Waals surface area contributed by atoms with Gasteiger partial charge in [0.15, 0.2) is 0 Å². The molecule has 16 heavy (non-hydrogen) atoms. The number of likely N-dealkylation sites (tertiary alicyclic amines) is 1. The van der Waals surface area contributed by atoms with Gasteiger partial charge in [0.1, 0.15) is 6.23 Å². The Balaban J connectivity index is 2.10. The Hall–Kier alpha value is -0.900. The van der Waals surface area contributed by atoms with Crippen LogP contribution in [0, 0.1) is 0 Å². The molecule has 3 heteroatoms. The highest BCUT2D eigenvalue weighted by Gasteiger charge is 2.24. The number of nitrogens with two attached hydrogens (primary N) is 1. The van der Waals surface area contributed by atoms with Crippen molar-refractivity contribution in [1.82, 2.24) is 4.90 Å². The van der Waals surface area contributed by atoms with Crippen LogP contribution < -0.4 is 5.73 Å². The van der Waals surface area contributed by atoms with Crippen LogP contribution in [0.3, 0.4) is 0 Å². The lowest BCUT2D eigenvalue weighted by atomic mass is 10.0. The van der Waals surface area contributed by atoms with E-state index >= 15 is 0 Å². The van der Waals surface area contributed by atoms with Crippen molar-refractivity contribution in [3.8, 4) is 0 Å². The Labute approximate surface area is 97.2 Å². The number of rotatable bonds is 3. The third-order valence-corrected chi connectivity index (χ3v) is 3.13. The standard InChI is InChI=1S/C13H20N2O/c1-16-13(11-6-3-2-4-7-11)15-9-5-8-12(14)10-15/h2-4,6-7,12-13H,5,8-10,14H2,1H3. The molecule has 1 aliphatic heterocycles. The summed E-state index contributed by atoms with van der Waals surface area (Å²) in [7, 11) is 1.76. The first-order valence-electron chi connectivity index (χ1n) is 5.88. The summed E-state index contributed by atoms with van der Waals surface area (Å²) in [5.41, 5.74) is 7.21. The van der Waals surface area contributed by atoms with Gasteiger partial charge >= 0.3 is 0 Å². The van der Waals surface area contributed by atoms with Gasteiger partial charge in [-0.05, 0) is 18.4 Å². The van der Waals surface area contributed by atoms with Gasteiger partial charge in [0.05, 0.1) is 0 Å². The van der Waals surface area contributed by atoms with E-state index in [1.807, 2.05) is 18.2 Å². The number of nitrogens with zero attached hydrogens (tertiary/aromatic N) is 1. The Morgan fingerprint density at radius 3 is 2.75 bits per heavy atom. The van der Waals surface area contributed by atoms with Crippen LogP contribution in [0.1, 0.15) is 24.6 Å². The van der Waals surface area contributed by atoms with Crippen molar-refractivity contribution in [3.05, 3.63) is 35.9 Å². The topological polar surface area (TPSA) is 38.5 Å². The summed E-state index contributed by atoms with van der Waals surface area (Å²) in [4.78, 5) is 2.32. The smallest absolute Gasteiger partial charge is 0.136 e. The lowest BCUT2D eigenvalue weighted by Crippen LogP contribution is -2.44. The average Bonchev–Trinajstić information content (AvgIpc) is 2.31. The van der Waals surface area contributed by atoms with Crippen molar-refractivity contribution in [1.29, 1.82) is 0 Å². The maximum Gasteiger partial charge on any atom is 0.136 e. The first kappa shape index (κ1) is 11.6. The van der Waals surface area contributed by atoms with E-state index in [4.69, 9.17) is 10.5 Å². The van der Waals surface area contributed by atoms with Gasteiger partial charge in [-0.15, -0.1) is 0 Å². The highest BCUT2D eigenvalue weighted by molar-refractivity contribution is 5.17. The Kier molecular flexibility index (Phi) is 3.93. The van der Waals surface area contributed by atoms with Crippen LogP contribution in [-0.2, 0) is 4.74 Å². The Morgan fingerprint density at radius 1 is 1.38 bits per heavy atom.